The number of nitrogens with zero attached hydrogens (tertiary/aromatic N) is 1. The SMILES string of the molecule is CC/C=C\C/C=C\C/C=C\C/C=C\CCCCCCCCCCCCCCCCCCC(=O)NC(COP(=O)([O-])OCC[N+](C)(C)C)C(O)CCCCCCCCCCCCCCCCCC. The van der Waals surface area contributed by atoms with Gasteiger partial charge in [-0.15, -0.1) is 0 Å². The number of quaternary nitrogens is 1. The summed E-state index contributed by atoms with van der Waals surface area (Å²) in [5.41, 5.74) is 0. The first-order valence-corrected chi connectivity index (χ1v) is 29.9. The molecule has 1 amide bonds. The van der Waals surface area contributed by atoms with Crippen LogP contribution in [0.1, 0.15) is 264 Å². The van der Waals surface area contributed by atoms with E-state index < -0.39 is 20.0 Å². The molecule has 0 aliphatic carbocycles. The highest BCUT2D eigenvalue weighted by molar-refractivity contribution is 7.45. The molecule has 394 valence electrons. The minimum absolute atomic E-state index is 0.0125. The number of amides is 1. The minimum atomic E-state index is -4.57. The van der Waals surface area contributed by atoms with Crippen molar-refractivity contribution in [1.29, 1.82) is 0 Å². The van der Waals surface area contributed by atoms with Crippen LogP contribution in [0.25, 0.3) is 0 Å². The third-order valence-corrected chi connectivity index (χ3v) is 13.8. The second-order valence-electron chi connectivity index (χ2n) is 20.6. The lowest BCUT2D eigenvalue weighted by molar-refractivity contribution is -0.870. The van der Waals surface area contributed by atoms with Crippen LogP contribution in [-0.2, 0) is 18.4 Å². The lowest BCUT2D eigenvalue weighted by Crippen LogP contribution is -2.46. The van der Waals surface area contributed by atoms with E-state index in [1.54, 1.807) is 0 Å². The van der Waals surface area contributed by atoms with Gasteiger partial charge in [0.15, 0.2) is 0 Å². The maximum Gasteiger partial charge on any atom is 0.268 e. The van der Waals surface area contributed by atoms with E-state index >= 15 is 0 Å². The first kappa shape index (κ1) is 65.5. The highest BCUT2D eigenvalue weighted by Gasteiger charge is 2.24. The van der Waals surface area contributed by atoms with Crippen molar-refractivity contribution < 1.29 is 32.9 Å². The Labute approximate surface area is 416 Å². The number of rotatable bonds is 52. The van der Waals surface area contributed by atoms with Crippen LogP contribution in [0.15, 0.2) is 48.6 Å². The number of likely N-dealkylation sites (N-methyl/N-ethyl adjacent to an activating group) is 1. The van der Waals surface area contributed by atoms with Gasteiger partial charge in [-0.25, -0.2) is 0 Å². The quantitative estimate of drug-likeness (QED) is 0.0272. The topological polar surface area (TPSA) is 108 Å². The lowest BCUT2D eigenvalue weighted by Gasteiger charge is -2.30. The van der Waals surface area contributed by atoms with Crippen molar-refractivity contribution in [3.63, 3.8) is 0 Å². The molecule has 3 unspecified atom stereocenters. The van der Waals surface area contributed by atoms with E-state index in [0.717, 1.165) is 64.2 Å². The van der Waals surface area contributed by atoms with Crippen LogP contribution < -0.4 is 10.2 Å². The van der Waals surface area contributed by atoms with Gasteiger partial charge in [-0.2, -0.15) is 0 Å². The average molecular weight is 964 g/mol. The maximum atomic E-state index is 13.0. The van der Waals surface area contributed by atoms with Crippen molar-refractivity contribution >= 4 is 13.7 Å². The second-order valence-corrected chi connectivity index (χ2v) is 22.0. The van der Waals surface area contributed by atoms with Crippen LogP contribution in [-0.4, -0.2) is 68.5 Å². The third-order valence-electron chi connectivity index (χ3n) is 12.8. The van der Waals surface area contributed by atoms with E-state index in [0.29, 0.717) is 23.9 Å². The van der Waals surface area contributed by atoms with E-state index in [9.17, 15) is 19.4 Å². The average Bonchev–Trinajstić information content (AvgIpc) is 3.29. The van der Waals surface area contributed by atoms with Crippen molar-refractivity contribution in [2.75, 3.05) is 40.9 Å². The van der Waals surface area contributed by atoms with E-state index in [-0.39, 0.29) is 19.1 Å². The van der Waals surface area contributed by atoms with Crippen LogP contribution in [0.3, 0.4) is 0 Å². The summed E-state index contributed by atoms with van der Waals surface area (Å²) in [7, 11) is 1.31. The summed E-state index contributed by atoms with van der Waals surface area (Å²) in [4.78, 5) is 25.5. The molecule has 3 atom stereocenters. The normalized spacial score (nSPS) is 14.3. The van der Waals surface area contributed by atoms with Crippen molar-refractivity contribution in [2.45, 2.75) is 276 Å². The zero-order valence-corrected chi connectivity index (χ0v) is 45.7. The molecule has 0 aliphatic heterocycles. The van der Waals surface area contributed by atoms with Gasteiger partial charge < -0.3 is 28.8 Å². The molecule has 9 heteroatoms. The number of carbonyl (C=O) groups excluding carboxylic acids is 1. The Morgan fingerprint density at radius 2 is 0.910 bits per heavy atom. The van der Waals surface area contributed by atoms with Crippen LogP contribution in [0, 0.1) is 0 Å². The van der Waals surface area contributed by atoms with Gasteiger partial charge in [0.05, 0.1) is 39.9 Å². The largest absolute Gasteiger partial charge is 0.756 e. The molecule has 0 aliphatic rings. The molecule has 0 heterocycles. The van der Waals surface area contributed by atoms with Gasteiger partial charge in [0.1, 0.15) is 13.2 Å². The predicted octanol–water partition coefficient (Wildman–Crippen LogP) is 16.5. The Morgan fingerprint density at radius 1 is 0.537 bits per heavy atom. The first-order chi connectivity index (χ1) is 32.5. The van der Waals surface area contributed by atoms with Crippen LogP contribution >= 0.6 is 7.82 Å². The van der Waals surface area contributed by atoms with Gasteiger partial charge >= 0.3 is 0 Å². The summed E-state index contributed by atoms with van der Waals surface area (Å²) >= 11 is 0. The van der Waals surface area contributed by atoms with Gasteiger partial charge in [-0.3, -0.25) is 9.36 Å². The molecule has 0 aromatic rings. The van der Waals surface area contributed by atoms with Crippen molar-refractivity contribution in [3.05, 3.63) is 48.6 Å². The smallest absolute Gasteiger partial charge is 0.268 e. The maximum absolute atomic E-state index is 13.0. The lowest BCUT2D eigenvalue weighted by atomic mass is 10.0. The second kappa shape index (κ2) is 49.4. The summed E-state index contributed by atoms with van der Waals surface area (Å²) in [6.07, 6.45) is 64.2. The molecule has 8 nitrogen and oxygen atoms in total. The molecule has 0 bridgehead atoms. The molecule has 0 radical (unpaired) electrons. The molecule has 67 heavy (non-hydrogen) atoms. The number of unbranched alkanes of at least 4 members (excludes halogenated alkanes) is 31. The number of hydrogen-bond acceptors (Lipinski definition) is 6. The van der Waals surface area contributed by atoms with Crippen LogP contribution in [0.4, 0.5) is 0 Å². The molecule has 0 aromatic heterocycles. The highest BCUT2D eigenvalue weighted by Crippen LogP contribution is 2.38. The number of aliphatic hydroxyl groups is 1. The molecular formula is C58H111N2O6P. The molecule has 0 fully saturated rings. The predicted molar refractivity (Wildman–Crippen MR) is 288 cm³/mol. The summed E-state index contributed by atoms with van der Waals surface area (Å²) in [6, 6.07) is -0.800. The number of phosphoric acid groups is 1. The summed E-state index contributed by atoms with van der Waals surface area (Å²) in [6.45, 7) is 4.63. The standard InChI is InChI=1S/C58H111N2O6P/c1-6-8-10-12-14-16-18-20-22-24-25-26-27-28-29-30-31-32-33-34-35-36-38-40-42-44-46-48-50-52-58(62)59-56(55-66-67(63,64)65-54-53-60(3,4)5)57(61)51-49-47-45-43-41-39-37-23-21-19-17-15-13-11-9-7-2/h8,10,14,16,20,22,25-26,56-57,61H,6-7,9,11-13,15,17-19,21,23-24,27-55H2,1-5H3,(H-,59,62,63,64)/b10-8-,16-14-,22-20-,26-25-. The summed E-state index contributed by atoms with van der Waals surface area (Å²) in [5.74, 6) is -0.163. The molecule has 2 N–H and O–H groups in total. The number of hydrogen-bond donors (Lipinski definition) is 2. The molecule has 0 saturated carbocycles. The zero-order valence-electron chi connectivity index (χ0n) is 44.9. The number of aliphatic hydroxyl groups excluding tert-OH is 1. The van der Waals surface area contributed by atoms with E-state index in [2.05, 4.69) is 67.8 Å². The van der Waals surface area contributed by atoms with Crippen LogP contribution in [0.2, 0.25) is 0 Å². The Kier molecular flexibility index (Phi) is 48.3. The Balaban J connectivity index is 4.09. The van der Waals surface area contributed by atoms with Gasteiger partial charge in [0.25, 0.3) is 7.82 Å². The van der Waals surface area contributed by atoms with Gasteiger partial charge in [-0.05, 0) is 51.4 Å². The number of nitrogens with one attached hydrogen (secondary N) is 1. The summed E-state index contributed by atoms with van der Waals surface area (Å²) in [5, 5.41) is 14.0. The molecule has 0 rings (SSSR count). The number of allylic oxidation sites excluding steroid dienone is 8. The van der Waals surface area contributed by atoms with Crippen molar-refractivity contribution in [3.8, 4) is 0 Å². The first-order valence-electron chi connectivity index (χ1n) is 28.5. The highest BCUT2D eigenvalue weighted by atomic mass is 31.2. The number of carbonyl (C=O) groups is 1. The minimum Gasteiger partial charge on any atom is -0.756 e. The Morgan fingerprint density at radius 3 is 1.33 bits per heavy atom. The molecule has 0 saturated heterocycles. The summed E-state index contributed by atoms with van der Waals surface area (Å²) < 4.78 is 23.4. The fourth-order valence-electron chi connectivity index (χ4n) is 8.39. The molecular weight excluding hydrogens is 852 g/mol. The molecule has 0 aromatic carbocycles. The fourth-order valence-corrected chi connectivity index (χ4v) is 9.11. The Hall–Kier alpha value is -1.54. The Bertz CT molecular complexity index is 1230. The van der Waals surface area contributed by atoms with Gasteiger partial charge in [0, 0.05) is 6.42 Å². The zero-order chi connectivity index (χ0) is 49.2. The van der Waals surface area contributed by atoms with Gasteiger partial charge in [0.2, 0.25) is 5.91 Å². The van der Waals surface area contributed by atoms with E-state index in [1.807, 2.05) is 21.1 Å². The van der Waals surface area contributed by atoms with Crippen LogP contribution in [0.5, 0.6) is 0 Å². The van der Waals surface area contributed by atoms with Gasteiger partial charge in [-0.1, -0.05) is 255 Å². The molecule has 0 spiro atoms. The monoisotopic (exact) mass is 963 g/mol. The van der Waals surface area contributed by atoms with E-state index in [1.165, 1.54) is 173 Å². The van der Waals surface area contributed by atoms with Crippen molar-refractivity contribution in [2.24, 2.45) is 0 Å². The number of phosphoric ester groups is 1. The van der Waals surface area contributed by atoms with Crippen molar-refractivity contribution in [1.82, 2.24) is 5.32 Å². The van der Waals surface area contributed by atoms with E-state index in [4.69, 9.17) is 9.05 Å². The fraction of sp³-hybridized carbons (Fsp3) is 0.845. The third kappa shape index (κ3) is 52.1.